The molecule has 122 valence electrons. The van der Waals surface area contributed by atoms with Gasteiger partial charge in [0.05, 0.1) is 7.11 Å². The zero-order chi connectivity index (χ0) is 16.7. The molecule has 0 aromatic heterocycles. The van der Waals surface area contributed by atoms with Crippen LogP contribution in [0.3, 0.4) is 0 Å². The Morgan fingerprint density at radius 2 is 1.77 bits per heavy atom. The van der Waals surface area contributed by atoms with Gasteiger partial charge in [-0.1, -0.05) is 26.0 Å². The van der Waals surface area contributed by atoms with Crippen LogP contribution in [0.4, 0.5) is 0 Å². The topological polar surface area (TPSA) is 58.6 Å². The average Bonchev–Trinajstić information content (AvgIpc) is 2.52. The van der Waals surface area contributed by atoms with Crippen LogP contribution in [0.1, 0.15) is 33.3 Å². The maximum atomic E-state index is 12.4. The second kappa shape index (κ2) is 8.41. The standard InChI is InChI=1S/C17H26N2O3/c1-6-18-16(20)13(4)19(17(21)12(2)3)11-14-7-9-15(22-5)10-8-14/h7-10,12-13H,6,11H2,1-5H3,(H,18,20)/t13-/m1/s1. The Balaban J connectivity index is 2.94. The van der Waals surface area contributed by atoms with Crippen molar-refractivity contribution < 1.29 is 14.3 Å². The predicted molar refractivity (Wildman–Crippen MR) is 86.5 cm³/mol. The monoisotopic (exact) mass is 306 g/mol. The van der Waals surface area contributed by atoms with Crippen molar-refractivity contribution in [3.63, 3.8) is 0 Å². The lowest BCUT2D eigenvalue weighted by atomic mass is 10.1. The van der Waals surface area contributed by atoms with Gasteiger partial charge in [0.1, 0.15) is 11.8 Å². The van der Waals surface area contributed by atoms with Crippen LogP contribution in [0.25, 0.3) is 0 Å². The zero-order valence-electron chi connectivity index (χ0n) is 14.1. The molecule has 2 amide bonds. The van der Waals surface area contributed by atoms with Crippen LogP contribution in [0.5, 0.6) is 5.75 Å². The van der Waals surface area contributed by atoms with E-state index in [0.29, 0.717) is 13.1 Å². The third-order valence-corrected chi connectivity index (χ3v) is 3.49. The second-order valence-electron chi connectivity index (χ2n) is 5.54. The summed E-state index contributed by atoms with van der Waals surface area (Å²) >= 11 is 0. The molecule has 1 aromatic carbocycles. The van der Waals surface area contributed by atoms with E-state index in [1.165, 1.54) is 0 Å². The number of hydrogen-bond acceptors (Lipinski definition) is 3. The molecule has 0 fully saturated rings. The number of nitrogens with zero attached hydrogens (tertiary/aromatic N) is 1. The first kappa shape index (κ1) is 18.0. The summed E-state index contributed by atoms with van der Waals surface area (Å²) in [6.07, 6.45) is 0. The Labute approximate surface area is 132 Å². The van der Waals surface area contributed by atoms with Crippen molar-refractivity contribution in [1.29, 1.82) is 0 Å². The molecule has 0 aliphatic rings. The smallest absolute Gasteiger partial charge is 0.242 e. The number of amides is 2. The lowest BCUT2D eigenvalue weighted by Gasteiger charge is -2.30. The van der Waals surface area contributed by atoms with Gasteiger partial charge in [-0.05, 0) is 31.5 Å². The predicted octanol–water partition coefficient (Wildman–Crippen LogP) is 2.20. The summed E-state index contributed by atoms with van der Waals surface area (Å²) in [6, 6.07) is 7.01. The van der Waals surface area contributed by atoms with Crippen LogP contribution in [0, 0.1) is 5.92 Å². The number of rotatable bonds is 7. The van der Waals surface area contributed by atoms with Crippen molar-refractivity contribution in [2.24, 2.45) is 5.92 Å². The number of carbonyl (C=O) groups is 2. The highest BCUT2D eigenvalue weighted by atomic mass is 16.5. The third-order valence-electron chi connectivity index (χ3n) is 3.49. The lowest BCUT2D eigenvalue weighted by molar-refractivity contribution is -0.143. The van der Waals surface area contributed by atoms with Gasteiger partial charge in [-0.25, -0.2) is 0 Å². The van der Waals surface area contributed by atoms with Crippen LogP contribution in [0.15, 0.2) is 24.3 Å². The minimum atomic E-state index is -0.503. The van der Waals surface area contributed by atoms with Gasteiger partial charge in [-0.2, -0.15) is 0 Å². The van der Waals surface area contributed by atoms with Crippen LogP contribution in [-0.2, 0) is 16.1 Å². The van der Waals surface area contributed by atoms with Gasteiger partial charge in [-0.15, -0.1) is 0 Å². The molecule has 0 unspecified atom stereocenters. The highest BCUT2D eigenvalue weighted by Crippen LogP contribution is 2.16. The fraction of sp³-hybridized carbons (Fsp3) is 0.529. The largest absolute Gasteiger partial charge is 0.497 e. The number of benzene rings is 1. The molecular weight excluding hydrogens is 280 g/mol. The van der Waals surface area contributed by atoms with Crippen LogP contribution < -0.4 is 10.1 Å². The first-order chi connectivity index (χ1) is 10.4. The van der Waals surface area contributed by atoms with Gasteiger partial charge in [-0.3, -0.25) is 9.59 Å². The van der Waals surface area contributed by atoms with E-state index in [9.17, 15) is 9.59 Å². The van der Waals surface area contributed by atoms with Crippen LogP contribution in [-0.4, -0.2) is 36.4 Å². The summed E-state index contributed by atoms with van der Waals surface area (Å²) in [5.41, 5.74) is 0.964. The number of nitrogens with one attached hydrogen (secondary N) is 1. The summed E-state index contributed by atoms with van der Waals surface area (Å²) in [5, 5.41) is 2.77. The van der Waals surface area contributed by atoms with Crippen molar-refractivity contribution in [2.45, 2.75) is 40.3 Å². The molecule has 1 rings (SSSR count). The summed E-state index contributed by atoms with van der Waals surface area (Å²) in [6.45, 7) is 8.26. The van der Waals surface area contributed by atoms with E-state index < -0.39 is 6.04 Å². The SMILES string of the molecule is CCNC(=O)[C@@H](C)N(Cc1ccc(OC)cc1)C(=O)C(C)C. The fourth-order valence-corrected chi connectivity index (χ4v) is 2.13. The van der Waals surface area contributed by atoms with Crippen molar-refractivity contribution in [2.75, 3.05) is 13.7 Å². The summed E-state index contributed by atoms with van der Waals surface area (Å²) in [5.74, 6) is 0.442. The fourth-order valence-electron chi connectivity index (χ4n) is 2.13. The maximum absolute atomic E-state index is 12.4. The highest BCUT2D eigenvalue weighted by molar-refractivity contribution is 5.88. The molecule has 0 saturated heterocycles. The van der Waals surface area contributed by atoms with Crippen molar-refractivity contribution in [3.8, 4) is 5.75 Å². The molecular formula is C17H26N2O3. The molecule has 1 N–H and O–H groups in total. The first-order valence-electron chi connectivity index (χ1n) is 7.61. The van der Waals surface area contributed by atoms with E-state index in [2.05, 4.69) is 5.32 Å². The lowest BCUT2D eigenvalue weighted by Crippen LogP contribution is -2.48. The molecule has 0 aliphatic heterocycles. The first-order valence-corrected chi connectivity index (χ1v) is 7.61. The van der Waals surface area contributed by atoms with Gasteiger partial charge in [0.15, 0.2) is 0 Å². The highest BCUT2D eigenvalue weighted by Gasteiger charge is 2.27. The normalized spacial score (nSPS) is 11.9. The molecule has 0 aliphatic carbocycles. The van der Waals surface area contributed by atoms with Gasteiger partial charge >= 0.3 is 0 Å². The Kier molecular flexibility index (Phi) is 6.89. The number of likely N-dealkylation sites (N-methyl/N-ethyl adjacent to an activating group) is 1. The molecule has 0 spiro atoms. The number of hydrogen-bond donors (Lipinski definition) is 1. The van der Waals surface area contributed by atoms with E-state index in [1.54, 1.807) is 18.9 Å². The minimum Gasteiger partial charge on any atom is -0.497 e. The van der Waals surface area contributed by atoms with Gasteiger partial charge < -0.3 is 15.0 Å². The number of carbonyl (C=O) groups excluding carboxylic acids is 2. The Morgan fingerprint density at radius 3 is 2.23 bits per heavy atom. The summed E-state index contributed by atoms with van der Waals surface area (Å²) < 4.78 is 5.13. The van der Waals surface area contributed by atoms with Gasteiger partial charge in [0.2, 0.25) is 11.8 Å². The molecule has 0 radical (unpaired) electrons. The second-order valence-corrected chi connectivity index (χ2v) is 5.54. The van der Waals surface area contributed by atoms with Crippen molar-refractivity contribution in [1.82, 2.24) is 10.2 Å². The quantitative estimate of drug-likeness (QED) is 0.840. The molecule has 1 atom stereocenters. The summed E-state index contributed by atoms with van der Waals surface area (Å²) in [7, 11) is 1.61. The Morgan fingerprint density at radius 1 is 1.18 bits per heavy atom. The maximum Gasteiger partial charge on any atom is 0.242 e. The van der Waals surface area contributed by atoms with E-state index in [-0.39, 0.29) is 17.7 Å². The number of ether oxygens (including phenoxy) is 1. The van der Waals surface area contributed by atoms with Crippen molar-refractivity contribution >= 4 is 11.8 Å². The minimum absolute atomic E-state index is 0.0328. The molecule has 5 heteroatoms. The van der Waals surface area contributed by atoms with Crippen LogP contribution >= 0.6 is 0 Å². The number of methoxy groups -OCH3 is 1. The van der Waals surface area contributed by atoms with Crippen LogP contribution in [0.2, 0.25) is 0 Å². The molecule has 5 nitrogen and oxygen atoms in total. The Bertz CT molecular complexity index is 497. The van der Waals surface area contributed by atoms with Crippen molar-refractivity contribution in [3.05, 3.63) is 29.8 Å². The Hall–Kier alpha value is -2.04. The molecule has 1 aromatic rings. The molecule has 0 saturated carbocycles. The molecule has 22 heavy (non-hydrogen) atoms. The van der Waals surface area contributed by atoms with E-state index in [4.69, 9.17) is 4.74 Å². The van der Waals surface area contributed by atoms with Gasteiger partial charge in [0.25, 0.3) is 0 Å². The molecule has 0 heterocycles. The van der Waals surface area contributed by atoms with E-state index >= 15 is 0 Å². The third kappa shape index (κ3) is 4.76. The zero-order valence-corrected chi connectivity index (χ0v) is 14.1. The van der Waals surface area contributed by atoms with Gasteiger partial charge in [0, 0.05) is 19.0 Å². The van der Waals surface area contributed by atoms with E-state index in [1.807, 2.05) is 45.0 Å². The van der Waals surface area contributed by atoms with E-state index in [0.717, 1.165) is 11.3 Å². The summed E-state index contributed by atoms with van der Waals surface area (Å²) in [4.78, 5) is 26.1. The molecule has 0 bridgehead atoms. The average molecular weight is 306 g/mol.